The van der Waals surface area contributed by atoms with Gasteiger partial charge in [0.15, 0.2) is 0 Å². The molecule has 1 N–H and O–H groups in total. The van der Waals surface area contributed by atoms with Crippen LogP contribution in [0.4, 0.5) is 5.69 Å². The second-order valence-electron chi connectivity index (χ2n) is 6.21. The Morgan fingerprint density at radius 1 is 1.14 bits per heavy atom. The number of pyridine rings is 1. The van der Waals surface area contributed by atoms with Crippen molar-refractivity contribution in [2.24, 2.45) is 0 Å². The van der Waals surface area contributed by atoms with Crippen molar-refractivity contribution in [2.45, 2.75) is 12.8 Å². The van der Waals surface area contributed by atoms with E-state index in [1.807, 2.05) is 54.6 Å². The number of amides is 1. The van der Waals surface area contributed by atoms with Gasteiger partial charge < -0.3 is 14.6 Å². The van der Waals surface area contributed by atoms with Crippen LogP contribution in [0, 0.1) is 0 Å². The van der Waals surface area contributed by atoms with E-state index in [9.17, 15) is 4.79 Å². The van der Waals surface area contributed by atoms with Crippen LogP contribution in [0.25, 0.3) is 22.3 Å². The van der Waals surface area contributed by atoms with E-state index in [4.69, 9.17) is 9.26 Å². The number of aryl methyl sites for hydroxylation is 1. The Balaban J connectivity index is 1.36. The van der Waals surface area contributed by atoms with Crippen molar-refractivity contribution in [3.05, 3.63) is 66.7 Å². The smallest absolute Gasteiger partial charge is 0.227 e. The number of rotatable bonds is 6. The minimum Gasteiger partial charge on any atom is -0.497 e. The van der Waals surface area contributed by atoms with Crippen LogP contribution in [-0.4, -0.2) is 28.1 Å². The summed E-state index contributed by atoms with van der Waals surface area (Å²) in [6.45, 7) is 0. The number of ether oxygens (including phenoxy) is 1. The van der Waals surface area contributed by atoms with Crippen LogP contribution >= 0.6 is 0 Å². The molecular weight excluding hydrogens is 356 g/mol. The summed E-state index contributed by atoms with van der Waals surface area (Å²) in [7, 11) is 1.61. The summed E-state index contributed by atoms with van der Waals surface area (Å²) in [5.74, 6) is 1.52. The number of aromatic nitrogens is 3. The molecule has 0 aliphatic rings. The van der Waals surface area contributed by atoms with Gasteiger partial charge in [-0.2, -0.15) is 4.98 Å². The van der Waals surface area contributed by atoms with Crippen molar-refractivity contribution in [3.8, 4) is 17.1 Å². The van der Waals surface area contributed by atoms with Crippen molar-refractivity contribution >= 4 is 22.5 Å². The highest BCUT2D eigenvalue weighted by Gasteiger charge is 2.11. The van der Waals surface area contributed by atoms with Gasteiger partial charge in [-0.25, -0.2) is 0 Å². The molecule has 0 aliphatic heterocycles. The third-order valence-corrected chi connectivity index (χ3v) is 4.26. The maximum atomic E-state index is 12.2. The van der Waals surface area contributed by atoms with E-state index >= 15 is 0 Å². The van der Waals surface area contributed by atoms with Gasteiger partial charge in [0, 0.05) is 23.8 Å². The molecule has 28 heavy (non-hydrogen) atoms. The largest absolute Gasteiger partial charge is 0.497 e. The Morgan fingerprint density at radius 3 is 2.79 bits per heavy atom. The molecule has 140 valence electrons. The van der Waals surface area contributed by atoms with Crippen LogP contribution < -0.4 is 10.1 Å². The molecule has 4 rings (SSSR count). The van der Waals surface area contributed by atoms with Crippen molar-refractivity contribution in [2.75, 3.05) is 12.4 Å². The fraction of sp³-hybridized carbons (Fsp3) is 0.143. The van der Waals surface area contributed by atoms with Crippen LogP contribution in [0.1, 0.15) is 12.3 Å². The molecule has 7 nitrogen and oxygen atoms in total. The summed E-state index contributed by atoms with van der Waals surface area (Å²) >= 11 is 0. The molecule has 0 radical (unpaired) electrons. The molecule has 0 bridgehead atoms. The van der Waals surface area contributed by atoms with Gasteiger partial charge in [0.25, 0.3) is 0 Å². The van der Waals surface area contributed by atoms with E-state index in [1.165, 1.54) is 0 Å². The molecule has 0 atom stereocenters. The van der Waals surface area contributed by atoms with Crippen molar-refractivity contribution in [1.82, 2.24) is 15.1 Å². The van der Waals surface area contributed by atoms with Crippen molar-refractivity contribution < 1.29 is 14.1 Å². The quantitative estimate of drug-likeness (QED) is 0.551. The fourth-order valence-electron chi connectivity index (χ4n) is 2.80. The van der Waals surface area contributed by atoms with Crippen LogP contribution in [-0.2, 0) is 11.2 Å². The van der Waals surface area contributed by atoms with E-state index in [2.05, 4.69) is 20.4 Å². The first-order valence-electron chi connectivity index (χ1n) is 8.83. The second kappa shape index (κ2) is 7.87. The van der Waals surface area contributed by atoms with E-state index < -0.39 is 0 Å². The minimum atomic E-state index is -0.138. The van der Waals surface area contributed by atoms with E-state index in [0.717, 1.165) is 22.2 Å². The molecule has 0 saturated carbocycles. The number of carbonyl (C=O) groups is 1. The van der Waals surface area contributed by atoms with Gasteiger partial charge in [-0.15, -0.1) is 0 Å². The maximum absolute atomic E-state index is 12.2. The summed E-state index contributed by atoms with van der Waals surface area (Å²) < 4.78 is 10.4. The Kier molecular flexibility index (Phi) is 4.97. The lowest BCUT2D eigenvalue weighted by atomic mass is 10.2. The number of carbonyl (C=O) groups excluding carboxylic acids is 1. The molecule has 4 aromatic rings. The zero-order valence-corrected chi connectivity index (χ0v) is 15.3. The highest BCUT2D eigenvalue weighted by atomic mass is 16.5. The normalized spacial score (nSPS) is 10.8. The van der Waals surface area contributed by atoms with E-state index in [1.54, 1.807) is 13.3 Å². The maximum Gasteiger partial charge on any atom is 0.227 e. The number of nitrogens with one attached hydrogen (secondary N) is 1. The third-order valence-electron chi connectivity index (χ3n) is 4.26. The van der Waals surface area contributed by atoms with Crippen LogP contribution in [0.5, 0.6) is 5.75 Å². The summed E-state index contributed by atoms with van der Waals surface area (Å²) in [5, 5.41) is 7.79. The third kappa shape index (κ3) is 3.98. The van der Waals surface area contributed by atoms with Crippen LogP contribution in [0.3, 0.4) is 0 Å². The molecule has 0 aliphatic carbocycles. The number of benzene rings is 2. The summed E-state index contributed by atoms with van der Waals surface area (Å²) in [6, 6.07) is 17.0. The average molecular weight is 374 g/mol. The van der Waals surface area contributed by atoms with E-state index in [-0.39, 0.29) is 12.3 Å². The lowest BCUT2D eigenvalue weighted by Crippen LogP contribution is -2.12. The first-order valence-corrected chi connectivity index (χ1v) is 8.83. The van der Waals surface area contributed by atoms with Gasteiger partial charge in [-0.3, -0.25) is 9.78 Å². The van der Waals surface area contributed by atoms with Crippen molar-refractivity contribution in [3.63, 3.8) is 0 Å². The average Bonchev–Trinajstić information content (AvgIpc) is 3.21. The van der Waals surface area contributed by atoms with E-state index in [0.29, 0.717) is 23.8 Å². The monoisotopic (exact) mass is 374 g/mol. The summed E-state index contributed by atoms with van der Waals surface area (Å²) in [6.07, 6.45) is 2.24. The number of hydrogen-bond donors (Lipinski definition) is 1. The fourth-order valence-corrected chi connectivity index (χ4v) is 2.80. The summed E-state index contributed by atoms with van der Waals surface area (Å²) in [5.41, 5.74) is 2.37. The highest BCUT2D eigenvalue weighted by Crippen LogP contribution is 2.20. The van der Waals surface area contributed by atoms with Gasteiger partial charge in [0.05, 0.1) is 24.5 Å². The summed E-state index contributed by atoms with van der Waals surface area (Å²) in [4.78, 5) is 20.9. The van der Waals surface area contributed by atoms with Gasteiger partial charge in [-0.1, -0.05) is 23.4 Å². The zero-order chi connectivity index (χ0) is 19.3. The first kappa shape index (κ1) is 17.7. The first-order chi connectivity index (χ1) is 13.7. The number of methoxy groups -OCH3 is 1. The lowest BCUT2D eigenvalue weighted by molar-refractivity contribution is -0.116. The number of anilines is 1. The molecule has 0 spiro atoms. The van der Waals surface area contributed by atoms with Gasteiger partial charge in [-0.05, 0) is 36.4 Å². The Bertz CT molecular complexity index is 1110. The predicted molar refractivity (Wildman–Crippen MR) is 105 cm³/mol. The SMILES string of the molecule is COc1ccc(-c2noc(CCC(=O)Nc3cnc4ccccc4c3)n2)cc1. The van der Waals surface area contributed by atoms with Gasteiger partial charge in [0.2, 0.25) is 17.6 Å². The topological polar surface area (TPSA) is 90.1 Å². The molecule has 0 fully saturated rings. The highest BCUT2D eigenvalue weighted by molar-refractivity contribution is 5.93. The number of nitrogens with zero attached hydrogens (tertiary/aromatic N) is 3. The molecule has 1 amide bonds. The predicted octanol–water partition coefficient (Wildman–Crippen LogP) is 3.86. The Labute approximate surface area is 161 Å². The minimum absolute atomic E-state index is 0.138. The lowest BCUT2D eigenvalue weighted by Gasteiger charge is -2.05. The molecule has 2 aromatic heterocycles. The molecule has 2 heterocycles. The Morgan fingerprint density at radius 2 is 1.96 bits per heavy atom. The standard InChI is InChI=1S/C21H18N4O3/c1-27-17-8-6-14(7-9-17)21-24-20(28-25-21)11-10-19(26)23-16-12-15-4-2-3-5-18(15)22-13-16/h2-9,12-13H,10-11H2,1H3,(H,23,26). The van der Waals surface area contributed by atoms with Gasteiger partial charge in [0.1, 0.15) is 5.75 Å². The number of hydrogen-bond acceptors (Lipinski definition) is 6. The van der Waals surface area contributed by atoms with Gasteiger partial charge >= 0.3 is 0 Å². The molecule has 7 heteroatoms. The van der Waals surface area contributed by atoms with Crippen LogP contribution in [0.15, 0.2) is 65.3 Å². The van der Waals surface area contributed by atoms with Crippen LogP contribution in [0.2, 0.25) is 0 Å². The zero-order valence-electron chi connectivity index (χ0n) is 15.3. The molecule has 0 saturated heterocycles. The molecular formula is C21H18N4O3. The number of fused-ring (bicyclic) bond motifs is 1. The second-order valence-corrected chi connectivity index (χ2v) is 6.21. The Hall–Kier alpha value is -3.74. The van der Waals surface area contributed by atoms with Crippen molar-refractivity contribution in [1.29, 1.82) is 0 Å². The number of para-hydroxylation sites is 1. The molecule has 2 aromatic carbocycles. The molecule has 0 unspecified atom stereocenters.